The van der Waals surface area contributed by atoms with Gasteiger partial charge in [0.2, 0.25) is 10.0 Å². The number of benzene rings is 1. The second-order valence-corrected chi connectivity index (χ2v) is 8.25. The first-order valence-electron chi connectivity index (χ1n) is 8.19. The molecule has 0 amide bonds. The van der Waals surface area contributed by atoms with Crippen molar-refractivity contribution in [1.29, 1.82) is 0 Å². The highest BCUT2D eigenvalue weighted by Crippen LogP contribution is 2.22. The van der Waals surface area contributed by atoms with E-state index in [-0.39, 0.29) is 4.90 Å². The van der Waals surface area contributed by atoms with Crippen LogP contribution in [0.25, 0.3) is 0 Å². The van der Waals surface area contributed by atoms with Crippen molar-refractivity contribution in [3.8, 4) is 0 Å². The van der Waals surface area contributed by atoms with Crippen molar-refractivity contribution in [3.05, 3.63) is 42.2 Å². The molecule has 0 radical (unpaired) electrons. The molecular formula is C17H23FN2O2S. The molecule has 1 aromatic rings. The third kappa shape index (κ3) is 4.00. The van der Waals surface area contributed by atoms with Crippen molar-refractivity contribution in [2.45, 2.75) is 24.2 Å². The Hall–Kier alpha value is -1.24. The minimum Gasteiger partial charge on any atom is -0.300 e. The van der Waals surface area contributed by atoms with Crippen molar-refractivity contribution in [1.82, 2.24) is 9.21 Å². The molecular weight excluding hydrogens is 315 g/mol. The fourth-order valence-electron chi connectivity index (χ4n) is 3.30. The van der Waals surface area contributed by atoms with E-state index in [4.69, 9.17) is 0 Å². The highest BCUT2D eigenvalue weighted by molar-refractivity contribution is 7.89. The topological polar surface area (TPSA) is 40.6 Å². The molecule has 1 fully saturated rings. The van der Waals surface area contributed by atoms with E-state index < -0.39 is 15.8 Å². The molecule has 1 aromatic carbocycles. The number of piperazine rings is 1. The van der Waals surface area contributed by atoms with Gasteiger partial charge in [-0.25, -0.2) is 12.8 Å². The molecule has 0 saturated carbocycles. The summed E-state index contributed by atoms with van der Waals surface area (Å²) < 4.78 is 39.6. The Morgan fingerprint density at radius 3 is 2.35 bits per heavy atom. The van der Waals surface area contributed by atoms with Crippen LogP contribution in [-0.4, -0.2) is 50.3 Å². The maximum absolute atomic E-state index is 13.0. The van der Waals surface area contributed by atoms with Gasteiger partial charge in [-0.05, 0) is 49.4 Å². The molecule has 3 rings (SSSR count). The van der Waals surface area contributed by atoms with E-state index in [0.29, 0.717) is 19.0 Å². The van der Waals surface area contributed by atoms with Gasteiger partial charge in [-0.15, -0.1) is 0 Å². The van der Waals surface area contributed by atoms with Crippen LogP contribution in [0, 0.1) is 11.7 Å². The quantitative estimate of drug-likeness (QED) is 0.792. The number of halogens is 1. The maximum Gasteiger partial charge on any atom is 0.243 e. The summed E-state index contributed by atoms with van der Waals surface area (Å²) in [7, 11) is -3.51. The second-order valence-electron chi connectivity index (χ2n) is 6.31. The lowest BCUT2D eigenvalue weighted by atomic mass is 9.94. The summed E-state index contributed by atoms with van der Waals surface area (Å²) >= 11 is 0. The summed E-state index contributed by atoms with van der Waals surface area (Å²) in [6.07, 6.45) is 8.01. The summed E-state index contributed by atoms with van der Waals surface area (Å²) in [4.78, 5) is 2.53. The van der Waals surface area contributed by atoms with Crippen LogP contribution in [0.15, 0.2) is 41.3 Å². The van der Waals surface area contributed by atoms with Crippen LogP contribution in [0.1, 0.15) is 19.3 Å². The Labute approximate surface area is 137 Å². The number of sulfonamides is 1. The molecule has 1 unspecified atom stereocenters. The maximum atomic E-state index is 13.0. The molecule has 1 atom stereocenters. The van der Waals surface area contributed by atoms with Crippen LogP contribution in [0.3, 0.4) is 0 Å². The second kappa shape index (κ2) is 7.11. The molecule has 126 valence electrons. The number of allylic oxidation sites excluding steroid dienone is 2. The van der Waals surface area contributed by atoms with Crippen molar-refractivity contribution in [3.63, 3.8) is 0 Å². The Balaban J connectivity index is 1.57. The van der Waals surface area contributed by atoms with Crippen LogP contribution in [0.5, 0.6) is 0 Å². The van der Waals surface area contributed by atoms with Crippen LogP contribution >= 0.6 is 0 Å². The monoisotopic (exact) mass is 338 g/mol. The fraction of sp³-hybridized carbons (Fsp3) is 0.529. The van der Waals surface area contributed by atoms with Crippen LogP contribution in [-0.2, 0) is 10.0 Å². The van der Waals surface area contributed by atoms with Gasteiger partial charge in [0.05, 0.1) is 4.90 Å². The highest BCUT2D eigenvalue weighted by atomic mass is 32.2. The van der Waals surface area contributed by atoms with Gasteiger partial charge >= 0.3 is 0 Å². The lowest BCUT2D eigenvalue weighted by molar-refractivity contribution is 0.161. The SMILES string of the molecule is O=S(=O)(c1ccc(F)cc1)N1CCN(CC2CC=CCC2)CC1. The van der Waals surface area contributed by atoms with Crippen molar-refractivity contribution >= 4 is 10.0 Å². The van der Waals surface area contributed by atoms with Gasteiger partial charge in [-0.3, -0.25) is 0 Å². The van der Waals surface area contributed by atoms with Crippen molar-refractivity contribution in [2.75, 3.05) is 32.7 Å². The molecule has 1 heterocycles. The Morgan fingerprint density at radius 1 is 1.04 bits per heavy atom. The third-order valence-corrected chi connectivity index (χ3v) is 6.59. The van der Waals surface area contributed by atoms with Gasteiger partial charge in [0.25, 0.3) is 0 Å². The van der Waals surface area contributed by atoms with E-state index in [1.807, 2.05) is 0 Å². The summed E-state index contributed by atoms with van der Waals surface area (Å²) in [5.41, 5.74) is 0. The van der Waals surface area contributed by atoms with Gasteiger partial charge in [-0.1, -0.05) is 12.2 Å². The molecule has 1 aliphatic heterocycles. The smallest absolute Gasteiger partial charge is 0.243 e. The predicted octanol–water partition coefficient (Wildman–Crippen LogP) is 2.49. The van der Waals surface area contributed by atoms with Crippen molar-refractivity contribution < 1.29 is 12.8 Å². The van der Waals surface area contributed by atoms with E-state index in [2.05, 4.69) is 17.1 Å². The Bertz CT molecular complexity index is 650. The molecule has 2 aliphatic rings. The average molecular weight is 338 g/mol. The third-order valence-electron chi connectivity index (χ3n) is 4.68. The molecule has 0 bridgehead atoms. The fourth-order valence-corrected chi connectivity index (χ4v) is 4.72. The number of nitrogens with zero attached hydrogens (tertiary/aromatic N) is 2. The van der Waals surface area contributed by atoms with Gasteiger partial charge in [0, 0.05) is 32.7 Å². The zero-order valence-corrected chi connectivity index (χ0v) is 14.0. The van der Waals surface area contributed by atoms with E-state index in [1.54, 1.807) is 0 Å². The minimum absolute atomic E-state index is 0.171. The molecule has 1 aliphatic carbocycles. The zero-order valence-electron chi connectivity index (χ0n) is 13.2. The first-order chi connectivity index (χ1) is 11.1. The molecule has 0 spiro atoms. The Kier molecular flexibility index (Phi) is 5.14. The molecule has 0 N–H and O–H groups in total. The standard InChI is InChI=1S/C17H23FN2O2S/c18-16-6-8-17(9-7-16)23(21,22)20-12-10-19(11-13-20)14-15-4-2-1-3-5-15/h1-2,6-9,15H,3-5,10-14H2. The predicted molar refractivity (Wildman–Crippen MR) is 88.1 cm³/mol. The first-order valence-corrected chi connectivity index (χ1v) is 9.63. The van der Waals surface area contributed by atoms with E-state index in [0.717, 1.165) is 32.5 Å². The summed E-state index contributed by atoms with van der Waals surface area (Å²) in [6, 6.07) is 5.07. The largest absolute Gasteiger partial charge is 0.300 e. The lowest BCUT2D eigenvalue weighted by Crippen LogP contribution is -2.49. The first kappa shape index (κ1) is 16.6. The van der Waals surface area contributed by atoms with Crippen molar-refractivity contribution in [2.24, 2.45) is 5.92 Å². The Morgan fingerprint density at radius 2 is 1.74 bits per heavy atom. The van der Waals surface area contributed by atoms with E-state index in [1.165, 1.54) is 35.0 Å². The minimum atomic E-state index is -3.51. The van der Waals surface area contributed by atoms with Gasteiger partial charge in [-0.2, -0.15) is 4.31 Å². The van der Waals surface area contributed by atoms with Crippen LogP contribution in [0.4, 0.5) is 4.39 Å². The van der Waals surface area contributed by atoms with E-state index >= 15 is 0 Å². The summed E-state index contributed by atoms with van der Waals surface area (Å²) in [5.74, 6) is 0.274. The molecule has 23 heavy (non-hydrogen) atoms. The summed E-state index contributed by atoms with van der Waals surface area (Å²) in [6.45, 7) is 3.58. The average Bonchev–Trinajstić information content (AvgIpc) is 2.57. The lowest BCUT2D eigenvalue weighted by Gasteiger charge is -2.36. The van der Waals surface area contributed by atoms with Gasteiger partial charge in [0.15, 0.2) is 0 Å². The number of rotatable bonds is 4. The number of hydrogen-bond acceptors (Lipinski definition) is 3. The zero-order chi connectivity index (χ0) is 16.3. The van der Waals surface area contributed by atoms with Gasteiger partial charge < -0.3 is 4.90 Å². The van der Waals surface area contributed by atoms with Crippen LogP contribution in [0.2, 0.25) is 0 Å². The summed E-state index contributed by atoms with van der Waals surface area (Å²) in [5, 5.41) is 0. The molecule has 1 saturated heterocycles. The number of hydrogen-bond donors (Lipinski definition) is 0. The van der Waals surface area contributed by atoms with E-state index in [9.17, 15) is 12.8 Å². The van der Waals surface area contributed by atoms with Crippen LogP contribution < -0.4 is 0 Å². The molecule has 6 heteroatoms. The molecule has 4 nitrogen and oxygen atoms in total. The normalized spacial score (nSPS) is 24.0. The molecule has 0 aromatic heterocycles. The highest BCUT2D eigenvalue weighted by Gasteiger charge is 2.29. The van der Waals surface area contributed by atoms with Gasteiger partial charge in [0.1, 0.15) is 5.82 Å².